The van der Waals surface area contributed by atoms with E-state index in [1.165, 1.54) is 5.56 Å². The van der Waals surface area contributed by atoms with Gasteiger partial charge in [0, 0.05) is 41.9 Å². The van der Waals surface area contributed by atoms with Gasteiger partial charge in [0.05, 0.1) is 0 Å². The average Bonchev–Trinajstić information content (AvgIpc) is 3.06. The highest BCUT2D eigenvalue weighted by molar-refractivity contribution is 9.10. The van der Waals surface area contributed by atoms with Gasteiger partial charge in [-0.2, -0.15) is 0 Å². The third-order valence-corrected chi connectivity index (χ3v) is 5.74. The maximum Gasteiger partial charge on any atom is 0.240 e. The number of halogens is 1. The van der Waals surface area contributed by atoms with Crippen LogP contribution in [-0.2, 0) is 17.9 Å². The molecule has 5 heteroatoms. The fourth-order valence-electron chi connectivity index (χ4n) is 3.80. The van der Waals surface area contributed by atoms with Crippen LogP contribution in [0.3, 0.4) is 0 Å². The molecule has 0 bridgehead atoms. The van der Waals surface area contributed by atoms with Gasteiger partial charge in [0.15, 0.2) is 0 Å². The third-order valence-electron chi connectivity index (χ3n) is 5.25. The van der Waals surface area contributed by atoms with Crippen molar-refractivity contribution in [3.05, 3.63) is 70.8 Å². The molecule has 3 aromatic rings. The number of piperidine rings is 1. The van der Waals surface area contributed by atoms with Crippen LogP contribution in [0.15, 0.2) is 65.3 Å². The first-order chi connectivity index (χ1) is 13.2. The van der Waals surface area contributed by atoms with Crippen molar-refractivity contribution in [1.29, 1.82) is 0 Å². The van der Waals surface area contributed by atoms with E-state index in [-0.39, 0.29) is 11.9 Å². The summed E-state index contributed by atoms with van der Waals surface area (Å²) in [5, 5.41) is 4.38. The Labute approximate surface area is 168 Å². The van der Waals surface area contributed by atoms with E-state index >= 15 is 0 Å². The van der Waals surface area contributed by atoms with E-state index in [0.717, 1.165) is 47.9 Å². The molecule has 1 aromatic heterocycles. The summed E-state index contributed by atoms with van der Waals surface area (Å²) in [6.07, 6.45) is 4.01. The normalized spacial score (nSPS) is 15.9. The molecular formula is C22H24BrN3O. The largest absolute Gasteiger partial charge is 0.352 e. The van der Waals surface area contributed by atoms with Gasteiger partial charge in [0.1, 0.15) is 6.54 Å². The highest BCUT2D eigenvalue weighted by atomic mass is 79.9. The SMILES string of the molecule is O=C(Cn1ccc2ccc(Br)cc21)NC1CCN(Cc2ccccc2)CC1. The highest BCUT2D eigenvalue weighted by Crippen LogP contribution is 2.21. The summed E-state index contributed by atoms with van der Waals surface area (Å²) in [7, 11) is 0. The van der Waals surface area contributed by atoms with Crippen molar-refractivity contribution in [3.8, 4) is 0 Å². The molecule has 4 nitrogen and oxygen atoms in total. The van der Waals surface area contributed by atoms with Gasteiger partial charge < -0.3 is 9.88 Å². The number of aromatic nitrogens is 1. The van der Waals surface area contributed by atoms with Gasteiger partial charge in [0.2, 0.25) is 5.91 Å². The van der Waals surface area contributed by atoms with E-state index in [1.54, 1.807) is 0 Å². The molecular weight excluding hydrogens is 402 g/mol. The van der Waals surface area contributed by atoms with Gasteiger partial charge in [-0.15, -0.1) is 0 Å². The number of hydrogen-bond acceptors (Lipinski definition) is 2. The van der Waals surface area contributed by atoms with Crippen molar-refractivity contribution in [3.63, 3.8) is 0 Å². The summed E-state index contributed by atoms with van der Waals surface area (Å²) in [4.78, 5) is 15.0. The summed E-state index contributed by atoms with van der Waals surface area (Å²) in [5.41, 5.74) is 2.43. The molecule has 1 N–H and O–H groups in total. The van der Waals surface area contributed by atoms with Crippen LogP contribution in [-0.4, -0.2) is 34.5 Å². The topological polar surface area (TPSA) is 37.3 Å². The van der Waals surface area contributed by atoms with Gasteiger partial charge in [-0.05, 0) is 42.0 Å². The standard InChI is InChI=1S/C22H24BrN3O/c23-19-7-6-18-8-13-26(21(18)14-19)16-22(27)24-20-9-11-25(12-10-20)15-17-4-2-1-3-5-17/h1-8,13-14,20H,9-12,15-16H2,(H,24,27). The van der Waals surface area contributed by atoms with E-state index in [9.17, 15) is 4.79 Å². The molecule has 140 valence electrons. The number of nitrogens with one attached hydrogen (secondary N) is 1. The average molecular weight is 426 g/mol. The number of carbonyl (C=O) groups excluding carboxylic acids is 1. The second-order valence-corrected chi connectivity index (χ2v) is 8.17. The molecule has 0 atom stereocenters. The zero-order chi connectivity index (χ0) is 18.6. The number of hydrogen-bond donors (Lipinski definition) is 1. The minimum Gasteiger partial charge on any atom is -0.352 e. The summed E-state index contributed by atoms with van der Waals surface area (Å²) < 4.78 is 3.04. The van der Waals surface area contributed by atoms with Gasteiger partial charge >= 0.3 is 0 Å². The highest BCUT2D eigenvalue weighted by Gasteiger charge is 2.21. The van der Waals surface area contributed by atoms with Gasteiger partial charge in [-0.3, -0.25) is 9.69 Å². The van der Waals surface area contributed by atoms with Crippen LogP contribution in [0.2, 0.25) is 0 Å². The Bertz CT molecular complexity index is 914. The maximum absolute atomic E-state index is 12.5. The molecule has 0 saturated carbocycles. The quantitative estimate of drug-likeness (QED) is 0.665. The smallest absolute Gasteiger partial charge is 0.240 e. The molecule has 1 fully saturated rings. The zero-order valence-corrected chi connectivity index (χ0v) is 16.9. The lowest BCUT2D eigenvalue weighted by Gasteiger charge is -2.32. The van der Waals surface area contributed by atoms with Crippen LogP contribution >= 0.6 is 15.9 Å². The lowest BCUT2D eigenvalue weighted by molar-refractivity contribution is -0.122. The maximum atomic E-state index is 12.5. The molecule has 0 unspecified atom stereocenters. The molecule has 0 aliphatic carbocycles. The Morgan fingerprint density at radius 3 is 2.63 bits per heavy atom. The van der Waals surface area contributed by atoms with E-state index in [1.807, 2.05) is 16.8 Å². The van der Waals surface area contributed by atoms with Crippen molar-refractivity contribution in [1.82, 2.24) is 14.8 Å². The second-order valence-electron chi connectivity index (χ2n) is 7.25. The molecule has 2 aromatic carbocycles. The molecule has 27 heavy (non-hydrogen) atoms. The number of benzene rings is 2. The molecule has 1 amide bonds. The fraction of sp³-hybridized carbons (Fsp3) is 0.318. The van der Waals surface area contributed by atoms with Gasteiger partial charge in [0.25, 0.3) is 0 Å². The van der Waals surface area contributed by atoms with E-state index < -0.39 is 0 Å². The molecule has 1 saturated heterocycles. The Hall–Kier alpha value is -2.11. The predicted octanol–water partition coefficient (Wildman–Crippen LogP) is 4.18. The van der Waals surface area contributed by atoms with Crippen LogP contribution in [0.5, 0.6) is 0 Å². The van der Waals surface area contributed by atoms with E-state index in [4.69, 9.17) is 0 Å². The molecule has 0 radical (unpaired) electrons. The summed E-state index contributed by atoms with van der Waals surface area (Å²) in [6, 6.07) is 19.1. The minimum atomic E-state index is 0.0917. The van der Waals surface area contributed by atoms with Crippen molar-refractivity contribution in [2.24, 2.45) is 0 Å². The van der Waals surface area contributed by atoms with Crippen molar-refractivity contribution >= 4 is 32.7 Å². The van der Waals surface area contributed by atoms with E-state index in [0.29, 0.717) is 6.54 Å². The third kappa shape index (κ3) is 4.60. The Balaban J connectivity index is 1.28. The number of fused-ring (bicyclic) bond motifs is 1. The van der Waals surface area contributed by atoms with Gasteiger partial charge in [-0.1, -0.05) is 52.3 Å². The molecule has 4 rings (SSSR count). The van der Waals surface area contributed by atoms with Gasteiger partial charge in [-0.25, -0.2) is 0 Å². The van der Waals surface area contributed by atoms with Crippen LogP contribution < -0.4 is 5.32 Å². The fourth-order valence-corrected chi connectivity index (χ4v) is 4.15. The number of nitrogens with zero attached hydrogens (tertiary/aromatic N) is 2. The van der Waals surface area contributed by atoms with Crippen LogP contribution in [0.1, 0.15) is 18.4 Å². The first-order valence-corrected chi connectivity index (χ1v) is 10.3. The minimum absolute atomic E-state index is 0.0917. The molecule has 2 heterocycles. The van der Waals surface area contributed by atoms with Crippen LogP contribution in [0, 0.1) is 0 Å². The second kappa shape index (κ2) is 8.28. The summed E-state index contributed by atoms with van der Waals surface area (Å²) in [5.74, 6) is 0.0917. The lowest BCUT2D eigenvalue weighted by Crippen LogP contribution is -2.45. The molecule has 1 aliphatic rings. The molecule has 0 spiro atoms. The summed E-state index contributed by atoms with van der Waals surface area (Å²) in [6.45, 7) is 3.41. The molecule has 1 aliphatic heterocycles. The Morgan fingerprint density at radius 1 is 1.07 bits per heavy atom. The van der Waals surface area contributed by atoms with E-state index in [2.05, 4.69) is 74.7 Å². The number of amides is 1. The Morgan fingerprint density at radius 2 is 1.85 bits per heavy atom. The van der Waals surface area contributed by atoms with Crippen molar-refractivity contribution in [2.45, 2.75) is 32.0 Å². The number of rotatable bonds is 5. The zero-order valence-electron chi connectivity index (χ0n) is 15.3. The first kappa shape index (κ1) is 18.3. The number of likely N-dealkylation sites (tertiary alicyclic amines) is 1. The van der Waals surface area contributed by atoms with Crippen molar-refractivity contribution < 1.29 is 4.79 Å². The number of carbonyl (C=O) groups is 1. The monoisotopic (exact) mass is 425 g/mol. The first-order valence-electron chi connectivity index (χ1n) is 9.47. The van der Waals surface area contributed by atoms with Crippen molar-refractivity contribution in [2.75, 3.05) is 13.1 Å². The lowest BCUT2D eigenvalue weighted by atomic mass is 10.0. The van der Waals surface area contributed by atoms with Crippen LogP contribution in [0.4, 0.5) is 0 Å². The van der Waals surface area contributed by atoms with Crippen LogP contribution in [0.25, 0.3) is 10.9 Å². The summed E-state index contributed by atoms with van der Waals surface area (Å²) >= 11 is 3.51. The predicted molar refractivity (Wildman–Crippen MR) is 113 cm³/mol. The Kier molecular flexibility index (Phi) is 5.60.